The molecule has 1 aliphatic heterocycles. The smallest absolute Gasteiger partial charge is 0.248 e. The van der Waals surface area contributed by atoms with E-state index in [0.717, 1.165) is 36.1 Å². The van der Waals surface area contributed by atoms with Crippen molar-refractivity contribution >= 4 is 34.1 Å². The van der Waals surface area contributed by atoms with Crippen molar-refractivity contribution in [2.75, 3.05) is 23.3 Å². The van der Waals surface area contributed by atoms with Gasteiger partial charge in [0, 0.05) is 48.0 Å². The summed E-state index contributed by atoms with van der Waals surface area (Å²) in [6, 6.07) is 15.6. The Morgan fingerprint density at radius 1 is 1.11 bits per heavy atom. The van der Waals surface area contributed by atoms with Gasteiger partial charge in [-0.25, -0.2) is 0 Å². The quantitative estimate of drug-likeness (QED) is 0.598. The van der Waals surface area contributed by atoms with E-state index < -0.39 is 0 Å². The van der Waals surface area contributed by atoms with E-state index in [0.29, 0.717) is 5.69 Å². The van der Waals surface area contributed by atoms with Gasteiger partial charge in [-0.3, -0.25) is 14.7 Å². The summed E-state index contributed by atoms with van der Waals surface area (Å²) in [5.41, 5.74) is 2.70. The molecule has 142 valence electrons. The maximum absolute atomic E-state index is 12.1. The van der Waals surface area contributed by atoms with E-state index in [4.69, 9.17) is 0 Å². The van der Waals surface area contributed by atoms with E-state index in [-0.39, 0.29) is 17.9 Å². The molecule has 28 heavy (non-hydrogen) atoms. The number of para-hydroxylation sites is 1. The van der Waals surface area contributed by atoms with Crippen LogP contribution in [0.15, 0.2) is 66.9 Å². The van der Waals surface area contributed by atoms with Gasteiger partial charge in [0.25, 0.3) is 0 Å². The minimum absolute atomic E-state index is 0.0731. The zero-order chi connectivity index (χ0) is 19.3. The molecular formula is C21H21N5O2. The number of carbonyl (C=O) groups excluding carboxylic acids is 2. The lowest BCUT2D eigenvalue weighted by Gasteiger charge is -2.18. The molecule has 0 spiro atoms. The molecule has 1 fully saturated rings. The zero-order valence-corrected chi connectivity index (χ0v) is 15.3. The van der Waals surface area contributed by atoms with Crippen molar-refractivity contribution in [2.45, 2.75) is 12.5 Å². The van der Waals surface area contributed by atoms with Crippen molar-refractivity contribution in [2.24, 2.45) is 0 Å². The molecule has 0 radical (unpaired) electrons. The van der Waals surface area contributed by atoms with Crippen molar-refractivity contribution in [3.63, 3.8) is 0 Å². The number of H-pyrrole nitrogens is 1. The molecule has 2 heterocycles. The molecule has 1 aliphatic rings. The third kappa shape index (κ3) is 4.20. The van der Waals surface area contributed by atoms with E-state index >= 15 is 0 Å². The van der Waals surface area contributed by atoms with Crippen molar-refractivity contribution < 1.29 is 9.59 Å². The van der Waals surface area contributed by atoms with Crippen LogP contribution in [0.5, 0.6) is 0 Å². The predicted molar refractivity (Wildman–Crippen MR) is 109 cm³/mol. The van der Waals surface area contributed by atoms with Crippen LogP contribution in [0.1, 0.15) is 6.42 Å². The number of fused-ring (bicyclic) bond motifs is 1. The first-order chi connectivity index (χ1) is 13.7. The normalized spacial score (nSPS) is 16.6. The van der Waals surface area contributed by atoms with E-state index in [1.165, 1.54) is 12.2 Å². The van der Waals surface area contributed by atoms with Crippen LogP contribution >= 0.6 is 0 Å². The summed E-state index contributed by atoms with van der Waals surface area (Å²) in [6.45, 7) is 1.66. The van der Waals surface area contributed by atoms with Gasteiger partial charge in [-0.05, 0) is 36.8 Å². The highest BCUT2D eigenvalue weighted by molar-refractivity contribution is 6.04. The van der Waals surface area contributed by atoms with Crippen molar-refractivity contribution in [1.82, 2.24) is 15.5 Å². The minimum atomic E-state index is -0.352. The van der Waals surface area contributed by atoms with Gasteiger partial charge in [-0.15, -0.1) is 0 Å². The molecule has 0 bridgehead atoms. The summed E-state index contributed by atoms with van der Waals surface area (Å²) in [5, 5.41) is 13.4. The molecule has 1 aromatic heterocycles. The number of anilines is 2. The fourth-order valence-corrected chi connectivity index (χ4v) is 3.36. The van der Waals surface area contributed by atoms with Gasteiger partial charge < -0.3 is 15.5 Å². The molecule has 2 aromatic carbocycles. The van der Waals surface area contributed by atoms with Crippen molar-refractivity contribution in [1.29, 1.82) is 0 Å². The number of benzene rings is 2. The molecule has 3 aromatic rings. The van der Waals surface area contributed by atoms with E-state index in [9.17, 15) is 9.59 Å². The van der Waals surface area contributed by atoms with Gasteiger partial charge in [0.1, 0.15) is 0 Å². The monoisotopic (exact) mass is 375 g/mol. The summed E-state index contributed by atoms with van der Waals surface area (Å²) < 4.78 is 0. The van der Waals surface area contributed by atoms with Crippen molar-refractivity contribution in [3.05, 3.63) is 66.9 Å². The molecule has 1 atom stereocenters. The van der Waals surface area contributed by atoms with Crippen LogP contribution < -0.4 is 15.5 Å². The molecular weight excluding hydrogens is 354 g/mol. The molecule has 1 saturated heterocycles. The first kappa shape index (κ1) is 17.8. The lowest BCUT2D eigenvalue weighted by atomic mass is 10.2. The summed E-state index contributed by atoms with van der Waals surface area (Å²) in [6.07, 6.45) is 5.09. The summed E-state index contributed by atoms with van der Waals surface area (Å²) in [4.78, 5) is 26.4. The third-order valence-corrected chi connectivity index (χ3v) is 4.75. The molecule has 0 aliphatic carbocycles. The first-order valence-electron chi connectivity index (χ1n) is 9.20. The maximum atomic E-state index is 12.1. The van der Waals surface area contributed by atoms with Crippen LogP contribution in [-0.2, 0) is 9.59 Å². The van der Waals surface area contributed by atoms with E-state index in [1.54, 1.807) is 12.3 Å². The molecule has 7 nitrogen and oxygen atoms in total. The molecule has 2 amide bonds. The Hall–Kier alpha value is -3.61. The van der Waals surface area contributed by atoms with Crippen LogP contribution in [0.4, 0.5) is 11.4 Å². The zero-order valence-electron chi connectivity index (χ0n) is 15.3. The predicted octanol–water partition coefficient (Wildman–Crippen LogP) is 2.45. The number of aromatic nitrogens is 2. The Kier molecular flexibility index (Phi) is 5.05. The van der Waals surface area contributed by atoms with Gasteiger partial charge in [0.15, 0.2) is 0 Å². The molecule has 1 unspecified atom stereocenters. The highest BCUT2D eigenvalue weighted by Crippen LogP contribution is 2.19. The number of hydrogen-bond donors (Lipinski definition) is 3. The first-order valence-corrected chi connectivity index (χ1v) is 9.20. The van der Waals surface area contributed by atoms with Gasteiger partial charge >= 0.3 is 0 Å². The number of aromatic amines is 1. The highest BCUT2D eigenvalue weighted by atomic mass is 16.2. The summed E-state index contributed by atoms with van der Waals surface area (Å²) >= 11 is 0. The average molecular weight is 375 g/mol. The van der Waals surface area contributed by atoms with Gasteiger partial charge in [-0.1, -0.05) is 18.2 Å². The van der Waals surface area contributed by atoms with Gasteiger partial charge in [0.05, 0.1) is 11.7 Å². The van der Waals surface area contributed by atoms with Crippen LogP contribution in [-0.4, -0.2) is 41.1 Å². The number of carbonyl (C=O) groups is 2. The Labute approximate surface area is 162 Å². The molecule has 0 saturated carbocycles. The second-order valence-corrected chi connectivity index (χ2v) is 6.77. The number of nitrogens with zero attached hydrogens (tertiary/aromatic N) is 2. The van der Waals surface area contributed by atoms with Gasteiger partial charge in [0.2, 0.25) is 11.8 Å². The number of nitrogens with one attached hydrogen (secondary N) is 3. The van der Waals surface area contributed by atoms with Crippen LogP contribution in [0.25, 0.3) is 10.9 Å². The van der Waals surface area contributed by atoms with Gasteiger partial charge in [-0.2, -0.15) is 5.10 Å². The standard InChI is InChI=1S/C21H21N5O2/c27-20(23-16-6-7-19-15(12-16)13-22-25-19)8-9-21(28)24-17-10-11-26(14-17)18-4-2-1-3-5-18/h1-9,12-13,17H,10-11,14H2,(H,22,25)(H,23,27)(H,24,28)/b9-8+. The lowest BCUT2D eigenvalue weighted by Crippen LogP contribution is -2.36. The summed E-state index contributed by atoms with van der Waals surface area (Å²) in [7, 11) is 0. The Morgan fingerprint density at radius 3 is 2.79 bits per heavy atom. The van der Waals surface area contributed by atoms with E-state index in [2.05, 4.69) is 37.9 Å². The average Bonchev–Trinajstić information content (AvgIpc) is 3.36. The Morgan fingerprint density at radius 2 is 1.93 bits per heavy atom. The minimum Gasteiger partial charge on any atom is -0.369 e. The third-order valence-electron chi connectivity index (χ3n) is 4.75. The number of hydrogen-bond acceptors (Lipinski definition) is 4. The fourth-order valence-electron chi connectivity index (χ4n) is 3.36. The van der Waals surface area contributed by atoms with Crippen LogP contribution in [0.2, 0.25) is 0 Å². The molecule has 4 rings (SSSR count). The van der Waals surface area contributed by atoms with E-state index in [1.807, 2.05) is 30.3 Å². The second-order valence-electron chi connectivity index (χ2n) is 6.77. The van der Waals surface area contributed by atoms with Crippen molar-refractivity contribution in [3.8, 4) is 0 Å². The molecule has 3 N–H and O–H groups in total. The number of amides is 2. The topological polar surface area (TPSA) is 90.1 Å². The Balaban J connectivity index is 1.27. The fraction of sp³-hybridized carbons (Fsp3) is 0.190. The van der Waals surface area contributed by atoms with Crippen LogP contribution in [0.3, 0.4) is 0 Å². The highest BCUT2D eigenvalue weighted by Gasteiger charge is 2.23. The maximum Gasteiger partial charge on any atom is 0.248 e. The Bertz CT molecular complexity index is 1010. The number of rotatable bonds is 5. The lowest BCUT2D eigenvalue weighted by molar-refractivity contribution is -0.117. The summed E-state index contributed by atoms with van der Waals surface area (Å²) in [5.74, 6) is -0.615. The SMILES string of the molecule is O=C(/C=C/C(=O)NC1CCN(c2ccccc2)C1)Nc1ccc2[nH]ncc2c1. The molecule has 7 heteroatoms. The second kappa shape index (κ2) is 7.96. The van der Waals surface area contributed by atoms with Crippen LogP contribution in [0, 0.1) is 0 Å². The largest absolute Gasteiger partial charge is 0.369 e.